The summed E-state index contributed by atoms with van der Waals surface area (Å²) in [5, 5.41) is 3.92. The molecule has 1 saturated heterocycles. The lowest BCUT2D eigenvalue weighted by Gasteiger charge is -2.38. The number of halogens is 1. The Balaban J connectivity index is 1.39. The van der Waals surface area contributed by atoms with Gasteiger partial charge in [-0.25, -0.2) is 9.97 Å². The summed E-state index contributed by atoms with van der Waals surface area (Å²) >= 11 is 7.56. The van der Waals surface area contributed by atoms with E-state index >= 15 is 0 Å². The molecule has 9 heteroatoms. The third-order valence-electron chi connectivity index (χ3n) is 6.10. The second kappa shape index (κ2) is 12.0. The standard InChI is InChI=1S/C28H32ClN5O2S/c1-28(2,3)26(36)34-16-14-33(15-17-34)23-18-22(29)30-27(31-23)37-19-24(35)32-25(20-10-6-4-7-11-20)21-12-8-5-9-13-21/h4-13,18,25H,14-17,19H2,1-3H3,(H,32,35). The first kappa shape index (κ1) is 26.9. The Hall–Kier alpha value is -3.10. The number of amides is 2. The summed E-state index contributed by atoms with van der Waals surface area (Å²) in [5.74, 6) is 0.892. The van der Waals surface area contributed by atoms with Gasteiger partial charge in [0.15, 0.2) is 5.16 Å². The predicted octanol–water partition coefficient (Wildman–Crippen LogP) is 4.82. The molecule has 7 nitrogen and oxygen atoms in total. The Morgan fingerprint density at radius 1 is 0.946 bits per heavy atom. The van der Waals surface area contributed by atoms with Crippen LogP contribution in [0, 0.1) is 5.41 Å². The van der Waals surface area contributed by atoms with E-state index in [1.165, 1.54) is 11.8 Å². The Labute approximate surface area is 227 Å². The maximum atomic E-state index is 13.0. The molecule has 1 aliphatic heterocycles. The summed E-state index contributed by atoms with van der Waals surface area (Å²) < 4.78 is 0. The zero-order valence-electron chi connectivity index (χ0n) is 21.4. The van der Waals surface area contributed by atoms with Crippen LogP contribution < -0.4 is 10.2 Å². The second-order valence-corrected chi connectivity index (χ2v) is 11.3. The van der Waals surface area contributed by atoms with Crippen molar-refractivity contribution in [1.29, 1.82) is 0 Å². The average molecular weight is 538 g/mol. The number of anilines is 1. The van der Waals surface area contributed by atoms with Gasteiger partial charge in [-0.05, 0) is 11.1 Å². The third kappa shape index (κ3) is 7.23. The summed E-state index contributed by atoms with van der Waals surface area (Å²) in [6.07, 6.45) is 0. The predicted molar refractivity (Wildman–Crippen MR) is 149 cm³/mol. The van der Waals surface area contributed by atoms with Crippen molar-refractivity contribution in [2.24, 2.45) is 5.41 Å². The molecule has 1 N–H and O–H groups in total. The van der Waals surface area contributed by atoms with E-state index in [4.69, 9.17) is 11.6 Å². The van der Waals surface area contributed by atoms with Gasteiger partial charge in [-0.2, -0.15) is 0 Å². The van der Waals surface area contributed by atoms with Gasteiger partial charge in [0.1, 0.15) is 11.0 Å². The highest BCUT2D eigenvalue weighted by Gasteiger charge is 2.30. The highest BCUT2D eigenvalue weighted by Crippen LogP contribution is 2.26. The van der Waals surface area contributed by atoms with Gasteiger partial charge in [-0.1, -0.05) is 105 Å². The van der Waals surface area contributed by atoms with Crippen LogP contribution in [-0.4, -0.2) is 58.6 Å². The van der Waals surface area contributed by atoms with Gasteiger partial charge in [0, 0.05) is 37.7 Å². The summed E-state index contributed by atoms with van der Waals surface area (Å²) in [5.41, 5.74) is 1.63. The molecule has 2 heterocycles. The number of carbonyl (C=O) groups is 2. The Kier molecular flexibility index (Phi) is 8.71. The van der Waals surface area contributed by atoms with Gasteiger partial charge in [-0.15, -0.1) is 0 Å². The molecule has 4 rings (SSSR count). The van der Waals surface area contributed by atoms with Crippen LogP contribution in [0.3, 0.4) is 0 Å². The summed E-state index contributed by atoms with van der Waals surface area (Å²) in [6.45, 7) is 8.39. The molecule has 3 aromatic rings. The molecule has 37 heavy (non-hydrogen) atoms. The molecular formula is C28H32ClN5O2S. The monoisotopic (exact) mass is 537 g/mol. The minimum atomic E-state index is -0.398. The Morgan fingerprint density at radius 2 is 1.51 bits per heavy atom. The first-order valence-corrected chi connectivity index (χ1v) is 13.7. The number of hydrogen-bond acceptors (Lipinski definition) is 6. The average Bonchev–Trinajstić information content (AvgIpc) is 2.90. The third-order valence-corrected chi connectivity index (χ3v) is 7.14. The molecule has 0 radical (unpaired) electrons. The van der Waals surface area contributed by atoms with E-state index in [1.54, 1.807) is 6.07 Å². The van der Waals surface area contributed by atoms with Crippen LogP contribution in [0.1, 0.15) is 37.9 Å². The Bertz CT molecular complexity index is 1170. The quantitative estimate of drug-likeness (QED) is 0.264. The number of carbonyl (C=O) groups excluding carboxylic acids is 2. The van der Waals surface area contributed by atoms with Crippen LogP contribution in [0.4, 0.5) is 5.82 Å². The van der Waals surface area contributed by atoms with E-state index in [0.717, 1.165) is 11.1 Å². The largest absolute Gasteiger partial charge is 0.353 e. The number of rotatable bonds is 7. The van der Waals surface area contributed by atoms with Crippen LogP contribution in [0.5, 0.6) is 0 Å². The van der Waals surface area contributed by atoms with Crippen molar-refractivity contribution >= 4 is 41.0 Å². The molecular weight excluding hydrogens is 506 g/mol. The zero-order chi connectivity index (χ0) is 26.4. The normalized spacial score (nSPS) is 14.1. The fraction of sp³-hybridized carbons (Fsp3) is 0.357. The van der Waals surface area contributed by atoms with Crippen molar-refractivity contribution in [1.82, 2.24) is 20.2 Å². The number of hydrogen-bond donors (Lipinski definition) is 1. The van der Waals surface area contributed by atoms with Gasteiger partial charge in [0.2, 0.25) is 11.8 Å². The number of nitrogens with zero attached hydrogens (tertiary/aromatic N) is 4. The molecule has 0 unspecified atom stereocenters. The summed E-state index contributed by atoms with van der Waals surface area (Å²) in [7, 11) is 0. The maximum absolute atomic E-state index is 13.0. The molecule has 1 aliphatic rings. The molecule has 2 amide bonds. The van der Waals surface area contributed by atoms with Gasteiger partial charge in [-0.3, -0.25) is 9.59 Å². The van der Waals surface area contributed by atoms with Crippen molar-refractivity contribution in [2.45, 2.75) is 32.0 Å². The molecule has 0 saturated carbocycles. The summed E-state index contributed by atoms with van der Waals surface area (Å²) in [4.78, 5) is 38.5. The minimum absolute atomic E-state index is 0.123. The fourth-order valence-electron chi connectivity index (χ4n) is 4.21. The molecule has 0 aliphatic carbocycles. The molecule has 0 atom stereocenters. The highest BCUT2D eigenvalue weighted by molar-refractivity contribution is 7.99. The van der Waals surface area contributed by atoms with Gasteiger partial charge in [0.25, 0.3) is 0 Å². The van der Waals surface area contributed by atoms with Crippen LogP contribution in [-0.2, 0) is 9.59 Å². The number of aromatic nitrogens is 2. The van der Waals surface area contributed by atoms with Crippen molar-refractivity contribution < 1.29 is 9.59 Å². The van der Waals surface area contributed by atoms with Crippen LogP contribution in [0.15, 0.2) is 71.9 Å². The van der Waals surface area contributed by atoms with Crippen molar-refractivity contribution in [3.8, 4) is 0 Å². The lowest BCUT2D eigenvalue weighted by atomic mass is 9.94. The van der Waals surface area contributed by atoms with Crippen molar-refractivity contribution in [2.75, 3.05) is 36.8 Å². The smallest absolute Gasteiger partial charge is 0.231 e. The highest BCUT2D eigenvalue weighted by atomic mass is 35.5. The molecule has 194 valence electrons. The van der Waals surface area contributed by atoms with Crippen molar-refractivity contribution in [3.05, 3.63) is 83.0 Å². The molecule has 0 bridgehead atoms. The fourth-order valence-corrected chi connectivity index (χ4v) is 5.10. The SMILES string of the molecule is CC(C)(C)C(=O)N1CCN(c2cc(Cl)nc(SCC(=O)NC(c3ccccc3)c3ccccc3)n2)CC1. The lowest BCUT2D eigenvalue weighted by Crippen LogP contribution is -2.51. The first-order valence-electron chi connectivity index (χ1n) is 12.3. The van der Waals surface area contributed by atoms with Gasteiger partial charge >= 0.3 is 0 Å². The van der Waals surface area contributed by atoms with E-state index in [0.29, 0.717) is 42.3 Å². The van der Waals surface area contributed by atoms with E-state index in [-0.39, 0.29) is 23.6 Å². The van der Waals surface area contributed by atoms with E-state index in [9.17, 15) is 9.59 Å². The number of nitrogens with one attached hydrogen (secondary N) is 1. The number of piperazine rings is 1. The van der Waals surface area contributed by atoms with Crippen LogP contribution in [0.2, 0.25) is 5.15 Å². The van der Waals surface area contributed by atoms with E-state index < -0.39 is 5.41 Å². The van der Waals surface area contributed by atoms with Gasteiger partial charge in [0.05, 0.1) is 11.8 Å². The summed E-state index contributed by atoms with van der Waals surface area (Å²) in [6, 6.07) is 21.3. The number of thioether (sulfide) groups is 1. The van der Waals surface area contributed by atoms with Crippen LogP contribution >= 0.6 is 23.4 Å². The topological polar surface area (TPSA) is 78.4 Å². The van der Waals surface area contributed by atoms with Crippen molar-refractivity contribution in [3.63, 3.8) is 0 Å². The van der Waals surface area contributed by atoms with E-state index in [1.807, 2.05) is 86.3 Å². The zero-order valence-corrected chi connectivity index (χ0v) is 22.9. The molecule has 0 spiro atoms. The van der Waals surface area contributed by atoms with Crippen LogP contribution in [0.25, 0.3) is 0 Å². The maximum Gasteiger partial charge on any atom is 0.231 e. The second-order valence-electron chi connectivity index (χ2n) is 9.97. The minimum Gasteiger partial charge on any atom is -0.353 e. The molecule has 1 aromatic heterocycles. The Morgan fingerprint density at radius 3 is 2.05 bits per heavy atom. The first-order chi connectivity index (χ1) is 17.7. The lowest BCUT2D eigenvalue weighted by molar-refractivity contribution is -0.139. The van der Waals surface area contributed by atoms with E-state index in [2.05, 4.69) is 20.2 Å². The number of benzene rings is 2. The van der Waals surface area contributed by atoms with Gasteiger partial charge < -0.3 is 15.1 Å². The molecule has 2 aromatic carbocycles. The molecule has 1 fully saturated rings.